The number of nitrogens with zero attached hydrogens (tertiary/aromatic N) is 5. The van der Waals surface area contributed by atoms with Crippen LogP contribution in [0.2, 0.25) is 0 Å². The summed E-state index contributed by atoms with van der Waals surface area (Å²) in [4.78, 5) is 16.7. The number of benzene rings is 1. The first-order chi connectivity index (χ1) is 13.2. The molecule has 27 heavy (non-hydrogen) atoms. The summed E-state index contributed by atoms with van der Waals surface area (Å²) in [5.74, 6) is 1.07. The summed E-state index contributed by atoms with van der Waals surface area (Å²) in [6.45, 7) is 2.04. The van der Waals surface area contributed by atoms with Crippen LogP contribution in [0.1, 0.15) is 24.4 Å². The van der Waals surface area contributed by atoms with Gasteiger partial charge >= 0.3 is 0 Å². The Labute approximate surface area is 156 Å². The monoisotopic (exact) mass is 357 g/mol. The Balaban J connectivity index is 1.56. The van der Waals surface area contributed by atoms with Gasteiger partial charge < -0.3 is 0 Å². The number of hydrogen-bond donors (Lipinski definition) is 0. The van der Waals surface area contributed by atoms with E-state index in [1.54, 1.807) is 0 Å². The summed E-state index contributed by atoms with van der Waals surface area (Å²) in [7, 11) is 0. The Kier molecular flexibility index (Phi) is 3.63. The van der Waals surface area contributed by atoms with E-state index in [1.807, 2.05) is 70.8 Å². The Morgan fingerprint density at radius 3 is 2.70 bits per heavy atom. The van der Waals surface area contributed by atoms with Crippen molar-refractivity contribution in [3.05, 3.63) is 66.2 Å². The number of Topliss-reactive ketones (excluding diaryl/α,β-unsaturated/α-hetero) is 1. The second-order valence-corrected chi connectivity index (χ2v) is 7.02. The highest BCUT2D eigenvalue weighted by atomic mass is 16.1. The number of carbonyl (C=O) groups excluding carboxylic acids is 1. The molecular weight excluding hydrogens is 338 g/mol. The molecule has 3 heterocycles. The van der Waals surface area contributed by atoms with Crippen LogP contribution in [0.4, 0.5) is 0 Å². The molecule has 1 aliphatic rings. The number of aromatic nitrogens is 5. The molecule has 1 saturated carbocycles. The first-order valence-electron chi connectivity index (χ1n) is 9.18. The first-order valence-corrected chi connectivity index (χ1v) is 9.18. The summed E-state index contributed by atoms with van der Waals surface area (Å²) >= 11 is 0. The van der Waals surface area contributed by atoms with E-state index in [1.165, 1.54) is 0 Å². The van der Waals surface area contributed by atoms with Gasteiger partial charge in [0.1, 0.15) is 5.78 Å². The predicted octanol–water partition coefficient (Wildman–Crippen LogP) is 3.41. The number of ketones is 1. The van der Waals surface area contributed by atoms with Gasteiger partial charge in [0.2, 0.25) is 0 Å². The van der Waals surface area contributed by atoms with Gasteiger partial charge in [-0.25, -0.2) is 14.2 Å². The van der Waals surface area contributed by atoms with Crippen molar-refractivity contribution in [2.24, 2.45) is 5.92 Å². The zero-order chi connectivity index (χ0) is 18.4. The molecule has 6 nitrogen and oxygen atoms in total. The molecular formula is C21H19N5O. The van der Waals surface area contributed by atoms with Crippen LogP contribution in [-0.2, 0) is 11.2 Å². The van der Waals surface area contributed by atoms with E-state index in [-0.39, 0.29) is 11.7 Å². The number of fused-ring (bicyclic) bond motifs is 1. The van der Waals surface area contributed by atoms with Crippen LogP contribution < -0.4 is 0 Å². The topological polar surface area (TPSA) is 65.1 Å². The van der Waals surface area contributed by atoms with Crippen molar-refractivity contribution < 1.29 is 4.79 Å². The second-order valence-electron chi connectivity index (χ2n) is 7.02. The highest BCUT2D eigenvalue weighted by Crippen LogP contribution is 2.31. The highest BCUT2D eigenvalue weighted by Gasteiger charge is 2.30. The maximum Gasteiger partial charge on any atom is 0.159 e. The average molecular weight is 357 g/mol. The minimum absolute atomic E-state index is 0.224. The van der Waals surface area contributed by atoms with Crippen molar-refractivity contribution >= 4 is 11.4 Å². The molecule has 6 heteroatoms. The third-order valence-corrected chi connectivity index (χ3v) is 5.06. The number of hydrogen-bond acceptors (Lipinski definition) is 4. The van der Waals surface area contributed by atoms with Crippen LogP contribution >= 0.6 is 0 Å². The van der Waals surface area contributed by atoms with Crippen molar-refractivity contribution in [1.82, 2.24) is 24.4 Å². The van der Waals surface area contributed by atoms with Gasteiger partial charge in [0, 0.05) is 11.5 Å². The number of pyridine rings is 1. The van der Waals surface area contributed by atoms with Gasteiger partial charge in [-0.2, -0.15) is 10.2 Å². The average Bonchev–Trinajstić information content (AvgIpc) is 3.36. The van der Waals surface area contributed by atoms with Gasteiger partial charge in [-0.05, 0) is 44.0 Å². The molecule has 0 amide bonds. The maximum atomic E-state index is 12.1. The Morgan fingerprint density at radius 2 is 1.93 bits per heavy atom. The van der Waals surface area contributed by atoms with Crippen LogP contribution in [0, 0.1) is 12.8 Å². The molecule has 1 fully saturated rings. The van der Waals surface area contributed by atoms with E-state index in [2.05, 4.69) is 15.2 Å². The van der Waals surface area contributed by atoms with E-state index in [9.17, 15) is 4.79 Å². The van der Waals surface area contributed by atoms with Crippen molar-refractivity contribution in [2.75, 3.05) is 0 Å². The van der Waals surface area contributed by atoms with Gasteiger partial charge in [-0.1, -0.05) is 24.3 Å². The standard InChI is InChI=1S/C21H19N5O/c1-14-17(13-22-25(14)16-6-3-2-4-7-16)18-8-5-9-21-23-20(24-26(18)21)12-19(27)15-10-11-15/h2-9,13,15H,10-12H2,1H3. The Morgan fingerprint density at radius 1 is 1.11 bits per heavy atom. The number of rotatable bonds is 5. The smallest absolute Gasteiger partial charge is 0.159 e. The lowest BCUT2D eigenvalue weighted by Crippen LogP contribution is -2.06. The van der Waals surface area contributed by atoms with Gasteiger partial charge in [0.05, 0.1) is 29.7 Å². The van der Waals surface area contributed by atoms with E-state index in [4.69, 9.17) is 0 Å². The molecule has 5 rings (SSSR count). The summed E-state index contributed by atoms with van der Waals surface area (Å²) < 4.78 is 3.73. The molecule has 0 spiro atoms. The normalized spacial score (nSPS) is 14.0. The predicted molar refractivity (Wildman–Crippen MR) is 102 cm³/mol. The molecule has 3 aromatic heterocycles. The largest absolute Gasteiger partial charge is 0.299 e. The van der Waals surface area contributed by atoms with Gasteiger partial charge in [-0.3, -0.25) is 4.79 Å². The molecule has 1 aromatic carbocycles. The summed E-state index contributed by atoms with van der Waals surface area (Å²) in [6.07, 6.45) is 4.19. The fourth-order valence-electron chi connectivity index (χ4n) is 3.42. The lowest BCUT2D eigenvalue weighted by Gasteiger charge is -2.06. The fourth-order valence-corrected chi connectivity index (χ4v) is 3.42. The maximum absolute atomic E-state index is 12.1. The lowest BCUT2D eigenvalue weighted by molar-refractivity contribution is -0.119. The molecule has 4 aromatic rings. The minimum atomic E-state index is 0.224. The summed E-state index contributed by atoms with van der Waals surface area (Å²) in [6, 6.07) is 15.9. The minimum Gasteiger partial charge on any atom is -0.299 e. The van der Waals surface area contributed by atoms with Gasteiger partial charge in [-0.15, -0.1) is 0 Å². The number of para-hydroxylation sites is 1. The molecule has 0 unspecified atom stereocenters. The SMILES string of the molecule is Cc1c(-c2cccc3nc(CC(=O)C4CC4)nn23)cnn1-c1ccccc1. The quantitative estimate of drug-likeness (QED) is 0.549. The van der Waals surface area contributed by atoms with Gasteiger partial charge in [0.15, 0.2) is 11.5 Å². The molecule has 1 aliphatic carbocycles. The fraction of sp³-hybridized carbons (Fsp3) is 0.238. The third-order valence-electron chi connectivity index (χ3n) is 5.06. The summed E-state index contributed by atoms with van der Waals surface area (Å²) in [5.41, 5.74) is 4.71. The van der Waals surface area contributed by atoms with E-state index >= 15 is 0 Å². The van der Waals surface area contributed by atoms with Crippen molar-refractivity contribution in [3.63, 3.8) is 0 Å². The van der Waals surface area contributed by atoms with Crippen molar-refractivity contribution in [2.45, 2.75) is 26.2 Å². The molecule has 134 valence electrons. The Bertz CT molecular complexity index is 1140. The molecule has 0 aliphatic heterocycles. The van der Waals surface area contributed by atoms with E-state index < -0.39 is 0 Å². The van der Waals surface area contributed by atoms with Crippen molar-refractivity contribution in [1.29, 1.82) is 0 Å². The van der Waals surface area contributed by atoms with Gasteiger partial charge in [0.25, 0.3) is 0 Å². The van der Waals surface area contributed by atoms with Crippen LogP contribution in [0.3, 0.4) is 0 Å². The zero-order valence-electron chi connectivity index (χ0n) is 15.0. The van der Waals surface area contributed by atoms with Crippen LogP contribution in [0.5, 0.6) is 0 Å². The van der Waals surface area contributed by atoms with Crippen molar-refractivity contribution in [3.8, 4) is 16.9 Å². The molecule has 0 radical (unpaired) electrons. The van der Waals surface area contributed by atoms with E-state index in [0.717, 1.165) is 41.1 Å². The molecule has 0 N–H and O–H groups in total. The number of carbonyl (C=O) groups is 1. The first kappa shape index (κ1) is 15.9. The van der Waals surface area contributed by atoms with Crippen LogP contribution in [0.25, 0.3) is 22.6 Å². The van der Waals surface area contributed by atoms with E-state index in [0.29, 0.717) is 12.2 Å². The third kappa shape index (κ3) is 2.83. The molecule has 0 bridgehead atoms. The lowest BCUT2D eigenvalue weighted by atomic mass is 10.1. The molecule has 0 atom stereocenters. The summed E-state index contributed by atoms with van der Waals surface area (Å²) in [5, 5.41) is 9.17. The Hall–Kier alpha value is -3.28. The van der Waals surface area contributed by atoms with Crippen LogP contribution in [0.15, 0.2) is 54.7 Å². The van der Waals surface area contributed by atoms with Crippen LogP contribution in [-0.4, -0.2) is 30.2 Å². The molecule has 0 saturated heterocycles. The zero-order valence-corrected chi connectivity index (χ0v) is 15.0. The second kappa shape index (κ2) is 6.16. The highest BCUT2D eigenvalue weighted by molar-refractivity contribution is 5.84.